The molecule has 0 aliphatic heterocycles. The SMILES string of the molecule is CC1CC2(C(C)C)CC1C(CC1CCCCC1)=C2C=CC(O)CC(O)CC(=O)O. The minimum atomic E-state index is -1.04. The first kappa shape index (κ1) is 22.6. The molecule has 0 radical (unpaired) electrons. The van der Waals surface area contributed by atoms with Crippen molar-refractivity contribution in [2.24, 2.45) is 29.1 Å². The van der Waals surface area contributed by atoms with Crippen LogP contribution in [0.2, 0.25) is 0 Å². The van der Waals surface area contributed by atoms with Gasteiger partial charge in [-0.25, -0.2) is 0 Å². The Kier molecular flexibility index (Phi) is 7.27. The monoisotopic (exact) mass is 404 g/mol. The number of fused-ring (bicyclic) bond motifs is 2. The van der Waals surface area contributed by atoms with Gasteiger partial charge in [0.2, 0.25) is 0 Å². The first-order valence-corrected chi connectivity index (χ1v) is 11.7. The molecule has 0 aromatic heterocycles. The summed E-state index contributed by atoms with van der Waals surface area (Å²) in [4.78, 5) is 10.8. The van der Waals surface area contributed by atoms with Crippen molar-refractivity contribution in [3.05, 3.63) is 23.3 Å². The van der Waals surface area contributed by atoms with Crippen LogP contribution in [0, 0.1) is 29.1 Å². The summed E-state index contributed by atoms with van der Waals surface area (Å²) >= 11 is 0. The van der Waals surface area contributed by atoms with Crippen molar-refractivity contribution in [2.75, 3.05) is 0 Å². The fourth-order valence-electron chi connectivity index (χ4n) is 6.47. The summed E-state index contributed by atoms with van der Waals surface area (Å²) in [5, 5.41) is 29.0. The van der Waals surface area contributed by atoms with Crippen molar-refractivity contribution in [1.82, 2.24) is 0 Å². The highest BCUT2D eigenvalue weighted by Crippen LogP contribution is 2.64. The molecule has 4 heteroatoms. The lowest BCUT2D eigenvalue weighted by Crippen LogP contribution is -2.27. The summed E-state index contributed by atoms with van der Waals surface area (Å²) < 4.78 is 0. The molecule has 0 aromatic carbocycles. The molecular formula is C25H40O4. The van der Waals surface area contributed by atoms with Crippen molar-refractivity contribution in [3.8, 4) is 0 Å². The molecule has 3 N–H and O–H groups in total. The van der Waals surface area contributed by atoms with Crippen molar-refractivity contribution < 1.29 is 20.1 Å². The largest absolute Gasteiger partial charge is 0.481 e. The summed E-state index contributed by atoms with van der Waals surface area (Å²) in [7, 11) is 0. The molecule has 2 saturated carbocycles. The Balaban J connectivity index is 1.81. The highest BCUT2D eigenvalue weighted by atomic mass is 16.4. The lowest BCUT2D eigenvalue weighted by molar-refractivity contribution is -0.139. The summed E-state index contributed by atoms with van der Waals surface area (Å²) in [6, 6.07) is 0. The predicted octanol–water partition coefficient (Wildman–Crippen LogP) is 5.10. The smallest absolute Gasteiger partial charge is 0.305 e. The molecule has 164 valence electrons. The van der Waals surface area contributed by atoms with E-state index in [1.165, 1.54) is 56.9 Å². The molecule has 29 heavy (non-hydrogen) atoms. The summed E-state index contributed by atoms with van der Waals surface area (Å²) in [5.74, 6) is 1.74. The van der Waals surface area contributed by atoms with Gasteiger partial charge in [-0.15, -0.1) is 0 Å². The van der Waals surface area contributed by atoms with E-state index in [2.05, 4.69) is 26.8 Å². The standard InChI is InChI=1S/C25H40O4/c1-16(2)25-14-17(3)22(15-25)21(11-18-7-5-4-6-8-18)23(25)10-9-19(26)12-20(27)13-24(28)29/h9-10,16-20,22,26-27H,4-8,11-15H2,1-3H3,(H,28,29). The maximum atomic E-state index is 10.8. The Hall–Kier alpha value is -1.13. The average Bonchev–Trinajstić information content (AvgIpc) is 3.14. The molecule has 0 amide bonds. The molecule has 3 aliphatic carbocycles. The zero-order valence-corrected chi connectivity index (χ0v) is 18.4. The molecule has 5 unspecified atom stereocenters. The van der Waals surface area contributed by atoms with Gasteiger partial charge in [-0.05, 0) is 53.9 Å². The van der Waals surface area contributed by atoms with Gasteiger partial charge in [0, 0.05) is 6.42 Å². The van der Waals surface area contributed by atoms with Gasteiger partial charge in [0.15, 0.2) is 0 Å². The first-order valence-electron chi connectivity index (χ1n) is 11.7. The highest BCUT2D eigenvalue weighted by Gasteiger charge is 2.54. The molecule has 0 aromatic rings. The number of hydrogen-bond acceptors (Lipinski definition) is 3. The Bertz CT molecular complexity index is 643. The quantitative estimate of drug-likeness (QED) is 0.500. The third-order valence-corrected chi connectivity index (χ3v) is 8.03. The second-order valence-electron chi connectivity index (χ2n) is 10.4. The van der Waals surface area contributed by atoms with Crippen LogP contribution < -0.4 is 0 Å². The maximum Gasteiger partial charge on any atom is 0.305 e. The fraction of sp³-hybridized carbons (Fsp3) is 0.800. The lowest BCUT2D eigenvalue weighted by atomic mass is 9.67. The van der Waals surface area contributed by atoms with Gasteiger partial charge in [-0.3, -0.25) is 4.79 Å². The van der Waals surface area contributed by atoms with E-state index in [0.717, 1.165) is 11.8 Å². The topological polar surface area (TPSA) is 77.8 Å². The molecule has 4 nitrogen and oxygen atoms in total. The minimum Gasteiger partial charge on any atom is -0.481 e. The zero-order valence-electron chi connectivity index (χ0n) is 18.4. The molecular weight excluding hydrogens is 364 g/mol. The number of rotatable bonds is 9. The normalized spacial score (nSPS) is 32.5. The van der Waals surface area contributed by atoms with Gasteiger partial charge >= 0.3 is 5.97 Å². The molecule has 0 spiro atoms. The molecule has 3 aliphatic rings. The van der Waals surface area contributed by atoms with E-state index in [0.29, 0.717) is 11.8 Å². The van der Waals surface area contributed by atoms with E-state index < -0.39 is 18.2 Å². The Morgan fingerprint density at radius 2 is 1.86 bits per heavy atom. The summed E-state index contributed by atoms with van der Waals surface area (Å²) in [5.41, 5.74) is 3.30. The van der Waals surface area contributed by atoms with Gasteiger partial charge in [-0.1, -0.05) is 70.6 Å². The molecule has 5 atom stereocenters. The van der Waals surface area contributed by atoms with Crippen LogP contribution in [0.1, 0.15) is 85.0 Å². The number of hydrogen-bond donors (Lipinski definition) is 3. The number of carboxylic acid groups (broad SMARTS) is 1. The fourth-order valence-corrected chi connectivity index (χ4v) is 6.47. The van der Waals surface area contributed by atoms with Gasteiger partial charge in [-0.2, -0.15) is 0 Å². The number of carboxylic acids is 1. The lowest BCUT2D eigenvalue weighted by Gasteiger charge is -2.37. The molecule has 2 bridgehead atoms. The Morgan fingerprint density at radius 3 is 2.48 bits per heavy atom. The molecule has 2 fully saturated rings. The second-order valence-corrected chi connectivity index (χ2v) is 10.4. The van der Waals surface area contributed by atoms with Crippen LogP contribution in [0.3, 0.4) is 0 Å². The Labute approximate surface area is 176 Å². The van der Waals surface area contributed by atoms with Crippen molar-refractivity contribution >= 4 is 5.97 Å². The van der Waals surface area contributed by atoms with Gasteiger partial charge in [0.25, 0.3) is 0 Å². The van der Waals surface area contributed by atoms with Gasteiger partial charge in [0.05, 0.1) is 18.6 Å². The van der Waals surface area contributed by atoms with Crippen LogP contribution in [-0.2, 0) is 4.79 Å². The first-order chi connectivity index (χ1) is 13.7. The Morgan fingerprint density at radius 1 is 1.17 bits per heavy atom. The summed E-state index contributed by atoms with van der Waals surface area (Å²) in [6.45, 7) is 7.08. The van der Waals surface area contributed by atoms with Crippen molar-refractivity contribution in [3.63, 3.8) is 0 Å². The summed E-state index contributed by atoms with van der Waals surface area (Å²) in [6.07, 6.45) is 12.3. The van der Waals surface area contributed by atoms with E-state index in [-0.39, 0.29) is 18.3 Å². The van der Waals surface area contributed by atoms with E-state index in [9.17, 15) is 15.0 Å². The molecule has 0 heterocycles. The molecule has 3 rings (SSSR count). The van der Waals surface area contributed by atoms with E-state index in [1.807, 2.05) is 0 Å². The highest BCUT2D eigenvalue weighted by molar-refractivity contribution is 5.67. The average molecular weight is 405 g/mol. The van der Waals surface area contributed by atoms with Gasteiger partial charge in [0.1, 0.15) is 0 Å². The number of allylic oxidation sites excluding steroid dienone is 3. The second kappa shape index (κ2) is 9.34. The predicted molar refractivity (Wildman–Crippen MR) is 115 cm³/mol. The van der Waals surface area contributed by atoms with E-state index in [1.54, 1.807) is 11.6 Å². The van der Waals surface area contributed by atoms with E-state index in [4.69, 9.17) is 5.11 Å². The minimum absolute atomic E-state index is 0.0720. The van der Waals surface area contributed by atoms with Crippen LogP contribution in [0.15, 0.2) is 23.3 Å². The zero-order chi connectivity index (χ0) is 21.2. The van der Waals surface area contributed by atoms with Crippen LogP contribution >= 0.6 is 0 Å². The van der Waals surface area contributed by atoms with Crippen LogP contribution in [0.4, 0.5) is 0 Å². The van der Waals surface area contributed by atoms with Crippen molar-refractivity contribution in [2.45, 2.75) is 97.2 Å². The third kappa shape index (κ3) is 4.96. The number of aliphatic carboxylic acids is 1. The van der Waals surface area contributed by atoms with Crippen LogP contribution in [0.5, 0.6) is 0 Å². The molecule has 0 saturated heterocycles. The third-order valence-electron chi connectivity index (χ3n) is 8.03. The number of carbonyl (C=O) groups is 1. The van der Waals surface area contributed by atoms with Crippen LogP contribution in [0.25, 0.3) is 0 Å². The van der Waals surface area contributed by atoms with Crippen molar-refractivity contribution in [1.29, 1.82) is 0 Å². The van der Waals surface area contributed by atoms with E-state index >= 15 is 0 Å². The van der Waals surface area contributed by atoms with Gasteiger partial charge < -0.3 is 15.3 Å². The maximum absolute atomic E-state index is 10.8. The number of aliphatic hydroxyl groups excluding tert-OH is 2. The van der Waals surface area contributed by atoms with Crippen LogP contribution in [-0.4, -0.2) is 33.5 Å². The number of aliphatic hydroxyl groups is 2.